The number of ether oxygens (including phenoxy) is 1. The van der Waals surface area contributed by atoms with Gasteiger partial charge in [0.15, 0.2) is 0 Å². The molecule has 5 rings (SSSR count). The highest BCUT2D eigenvalue weighted by atomic mass is 16.5. The zero-order valence-corrected chi connectivity index (χ0v) is 18.7. The van der Waals surface area contributed by atoms with Crippen molar-refractivity contribution in [3.05, 3.63) is 58.0 Å². The van der Waals surface area contributed by atoms with Crippen molar-refractivity contribution in [2.24, 2.45) is 0 Å². The van der Waals surface area contributed by atoms with Crippen LogP contribution in [0.15, 0.2) is 41.2 Å². The van der Waals surface area contributed by atoms with Crippen molar-refractivity contribution in [1.82, 2.24) is 24.0 Å². The first-order valence-corrected chi connectivity index (χ1v) is 11.4. The summed E-state index contributed by atoms with van der Waals surface area (Å²) in [6, 6.07) is 11.3. The first-order chi connectivity index (χ1) is 16.1. The molecular weight excluding hydrogens is 422 g/mol. The highest BCUT2D eigenvalue weighted by Gasteiger charge is 2.35. The van der Waals surface area contributed by atoms with Gasteiger partial charge in [0, 0.05) is 31.3 Å². The molecule has 0 radical (unpaired) electrons. The number of rotatable bonds is 6. The van der Waals surface area contributed by atoms with Crippen LogP contribution >= 0.6 is 0 Å². The third-order valence-electron chi connectivity index (χ3n) is 6.32. The van der Waals surface area contributed by atoms with E-state index in [4.69, 9.17) is 4.74 Å². The van der Waals surface area contributed by atoms with Gasteiger partial charge < -0.3 is 19.1 Å². The molecule has 0 unspecified atom stereocenters. The molecule has 0 bridgehead atoms. The van der Waals surface area contributed by atoms with Crippen molar-refractivity contribution in [3.8, 4) is 11.3 Å². The van der Waals surface area contributed by atoms with E-state index in [9.17, 15) is 14.4 Å². The van der Waals surface area contributed by atoms with Gasteiger partial charge in [-0.2, -0.15) is 9.61 Å². The molecule has 0 spiro atoms. The van der Waals surface area contributed by atoms with Gasteiger partial charge in [0.05, 0.1) is 31.0 Å². The van der Waals surface area contributed by atoms with Gasteiger partial charge in [-0.3, -0.25) is 14.4 Å². The maximum atomic E-state index is 13.4. The summed E-state index contributed by atoms with van der Waals surface area (Å²) in [5.74, 6) is -0.302. The molecule has 0 saturated carbocycles. The maximum Gasteiger partial charge on any atom is 0.280 e. The Morgan fingerprint density at radius 1 is 1.12 bits per heavy atom. The molecule has 3 aromatic rings. The summed E-state index contributed by atoms with van der Waals surface area (Å²) in [5, 5.41) is 4.56. The van der Waals surface area contributed by atoms with E-state index < -0.39 is 0 Å². The van der Waals surface area contributed by atoms with Gasteiger partial charge in [0.1, 0.15) is 17.9 Å². The van der Waals surface area contributed by atoms with E-state index in [2.05, 4.69) is 12.0 Å². The average Bonchev–Trinajstić information content (AvgIpc) is 3.44. The van der Waals surface area contributed by atoms with Crippen molar-refractivity contribution in [2.75, 3.05) is 32.8 Å². The van der Waals surface area contributed by atoms with E-state index in [1.807, 2.05) is 30.3 Å². The molecule has 1 aromatic carbocycles. The van der Waals surface area contributed by atoms with Crippen LogP contribution in [-0.4, -0.2) is 68.6 Å². The first kappa shape index (κ1) is 21.4. The Hall–Kier alpha value is -3.46. The summed E-state index contributed by atoms with van der Waals surface area (Å²) in [5.41, 5.74) is 2.35. The Kier molecular flexibility index (Phi) is 5.72. The minimum atomic E-state index is -0.301. The van der Waals surface area contributed by atoms with Crippen molar-refractivity contribution in [2.45, 2.75) is 32.9 Å². The summed E-state index contributed by atoms with van der Waals surface area (Å²) in [6.07, 6.45) is 1.81. The fourth-order valence-electron chi connectivity index (χ4n) is 4.51. The van der Waals surface area contributed by atoms with Crippen LogP contribution in [0.25, 0.3) is 16.9 Å². The van der Waals surface area contributed by atoms with Gasteiger partial charge in [-0.25, -0.2) is 0 Å². The maximum absolute atomic E-state index is 13.4. The normalized spacial score (nSPS) is 16.0. The first-order valence-electron chi connectivity index (χ1n) is 11.4. The number of morpholine rings is 1. The number of hydrogen-bond acceptors (Lipinski definition) is 5. The highest BCUT2D eigenvalue weighted by Crippen LogP contribution is 2.25. The molecule has 1 saturated heterocycles. The topological polar surface area (TPSA) is 89.2 Å². The monoisotopic (exact) mass is 449 g/mol. The van der Waals surface area contributed by atoms with Crippen LogP contribution in [0.5, 0.6) is 0 Å². The summed E-state index contributed by atoms with van der Waals surface area (Å²) in [7, 11) is 0. The average molecular weight is 450 g/mol. The number of aromatic nitrogens is 3. The molecule has 2 aliphatic rings. The van der Waals surface area contributed by atoms with E-state index in [1.165, 1.54) is 4.52 Å². The smallest absolute Gasteiger partial charge is 0.280 e. The third kappa shape index (κ3) is 3.82. The molecule has 9 heteroatoms. The minimum absolute atomic E-state index is 0.0284. The van der Waals surface area contributed by atoms with Crippen LogP contribution < -0.4 is 5.56 Å². The van der Waals surface area contributed by atoms with Crippen LogP contribution in [0.1, 0.15) is 35.8 Å². The number of hydrogen-bond donors (Lipinski definition) is 0. The second-order valence-electron chi connectivity index (χ2n) is 8.46. The quantitative estimate of drug-likeness (QED) is 0.572. The number of benzene rings is 1. The number of carbonyl (C=O) groups excluding carboxylic acids is 2. The molecular formula is C24H27N5O4. The van der Waals surface area contributed by atoms with E-state index in [0.717, 1.165) is 18.4 Å². The van der Waals surface area contributed by atoms with Crippen molar-refractivity contribution in [3.63, 3.8) is 0 Å². The van der Waals surface area contributed by atoms with Gasteiger partial charge in [-0.05, 0) is 6.42 Å². The second kappa shape index (κ2) is 8.82. The van der Waals surface area contributed by atoms with Gasteiger partial charge in [0.2, 0.25) is 5.91 Å². The van der Waals surface area contributed by atoms with Gasteiger partial charge in [-0.1, -0.05) is 43.7 Å². The molecule has 9 nitrogen and oxygen atoms in total. The fourth-order valence-corrected chi connectivity index (χ4v) is 4.51. The Morgan fingerprint density at radius 2 is 1.88 bits per heavy atom. The fraction of sp³-hybridized carbons (Fsp3) is 0.417. The Balaban J connectivity index is 1.63. The highest BCUT2D eigenvalue weighted by molar-refractivity contribution is 5.98. The van der Waals surface area contributed by atoms with Crippen LogP contribution in [-0.2, 0) is 22.6 Å². The predicted octanol–water partition coefficient (Wildman–Crippen LogP) is 1.78. The Morgan fingerprint density at radius 3 is 2.61 bits per heavy atom. The summed E-state index contributed by atoms with van der Waals surface area (Å²) >= 11 is 0. The molecule has 33 heavy (non-hydrogen) atoms. The third-order valence-corrected chi connectivity index (χ3v) is 6.32. The van der Waals surface area contributed by atoms with Crippen LogP contribution in [0.3, 0.4) is 0 Å². The van der Waals surface area contributed by atoms with E-state index in [0.29, 0.717) is 55.4 Å². The molecule has 1 fully saturated rings. The summed E-state index contributed by atoms with van der Waals surface area (Å²) in [6.45, 7) is 4.89. The molecule has 172 valence electrons. The number of nitrogens with zero attached hydrogens (tertiary/aromatic N) is 5. The zero-order chi connectivity index (χ0) is 22.9. The van der Waals surface area contributed by atoms with E-state index in [-0.39, 0.29) is 30.5 Å². The lowest BCUT2D eigenvalue weighted by Crippen LogP contribution is -2.43. The largest absolute Gasteiger partial charge is 0.378 e. The molecule has 2 aliphatic heterocycles. The molecule has 0 aliphatic carbocycles. The second-order valence-corrected chi connectivity index (χ2v) is 8.46. The van der Waals surface area contributed by atoms with E-state index in [1.54, 1.807) is 20.4 Å². The minimum Gasteiger partial charge on any atom is -0.378 e. The van der Waals surface area contributed by atoms with E-state index >= 15 is 0 Å². The molecule has 2 aromatic heterocycles. The van der Waals surface area contributed by atoms with Crippen LogP contribution in [0.2, 0.25) is 0 Å². The Labute approximate surface area is 191 Å². The lowest BCUT2D eigenvalue weighted by atomic mass is 10.1. The van der Waals surface area contributed by atoms with Crippen molar-refractivity contribution < 1.29 is 14.3 Å². The molecule has 2 amide bonds. The molecule has 0 atom stereocenters. The lowest BCUT2D eigenvalue weighted by molar-refractivity contribution is -0.135. The molecule has 0 N–H and O–H groups in total. The lowest BCUT2D eigenvalue weighted by Gasteiger charge is -2.27. The van der Waals surface area contributed by atoms with Gasteiger partial charge in [0.25, 0.3) is 11.5 Å². The van der Waals surface area contributed by atoms with Crippen molar-refractivity contribution in [1.29, 1.82) is 0 Å². The molecule has 4 heterocycles. The summed E-state index contributed by atoms with van der Waals surface area (Å²) in [4.78, 5) is 43.3. The number of carbonyl (C=O) groups is 2. The standard InChI is InChI=1S/C24H27N5O4/c1-2-3-9-27-15-18-22(24(27)32)28(16-21(30)26-10-12-33-13-11-26)20-14-19(25-29(20)23(18)31)17-7-5-4-6-8-17/h4-8,14H,2-3,9-13,15-16H2,1H3. The number of fused-ring (bicyclic) bond motifs is 2. The summed E-state index contributed by atoms with van der Waals surface area (Å²) < 4.78 is 8.38. The van der Waals surface area contributed by atoms with Crippen LogP contribution in [0.4, 0.5) is 0 Å². The number of amides is 2. The number of unbranched alkanes of at least 4 members (excludes halogenated alkanes) is 1. The van der Waals surface area contributed by atoms with Gasteiger partial charge in [-0.15, -0.1) is 0 Å². The van der Waals surface area contributed by atoms with Crippen molar-refractivity contribution >= 4 is 17.5 Å². The van der Waals surface area contributed by atoms with Crippen LogP contribution in [0, 0.1) is 0 Å². The Bertz CT molecular complexity index is 1260. The predicted molar refractivity (Wildman–Crippen MR) is 122 cm³/mol. The van der Waals surface area contributed by atoms with Gasteiger partial charge >= 0.3 is 0 Å². The zero-order valence-electron chi connectivity index (χ0n) is 18.7. The SMILES string of the molecule is CCCCN1Cc2c(n(CC(=O)N3CCOCC3)c3cc(-c4ccccc4)nn3c2=O)C1=O.